The summed E-state index contributed by atoms with van der Waals surface area (Å²) in [6.07, 6.45) is 8.77. The Labute approximate surface area is 299 Å². The molecule has 0 fully saturated rings. The smallest absolute Gasteiger partial charge is 0.231 e. The maximum atomic E-state index is 11.4. The third-order valence-corrected chi connectivity index (χ3v) is 11.7. The third-order valence-electron chi connectivity index (χ3n) is 11.7. The summed E-state index contributed by atoms with van der Waals surface area (Å²) in [5.41, 5.74) is 14.9. The molecule has 2 heterocycles. The molecule has 0 amide bonds. The monoisotopic (exact) mass is 672 g/mol. The van der Waals surface area contributed by atoms with Crippen molar-refractivity contribution in [2.75, 3.05) is 0 Å². The second kappa shape index (κ2) is 12.0. The first kappa shape index (κ1) is 31.8. The number of fused-ring (bicyclic) bond motifs is 8. The van der Waals surface area contributed by atoms with Crippen LogP contribution in [-0.2, 0) is 10.8 Å². The first-order valence-corrected chi connectivity index (χ1v) is 18.9. The normalized spacial score (nSPS) is 14.9. The van der Waals surface area contributed by atoms with E-state index in [1.165, 1.54) is 44.5 Å². The van der Waals surface area contributed by atoms with Gasteiger partial charge < -0.3 is 13.9 Å². The number of aromatic hydroxyl groups is 1. The van der Waals surface area contributed by atoms with Gasteiger partial charge in [0.25, 0.3) is 0 Å². The van der Waals surface area contributed by atoms with Crippen molar-refractivity contribution in [2.45, 2.75) is 89.9 Å². The number of hydrogen-bond donors (Lipinski definition) is 1. The Hall–Kier alpha value is -5.16. The van der Waals surface area contributed by atoms with Gasteiger partial charge in [0, 0.05) is 16.4 Å². The molecule has 2 aliphatic rings. The number of phenols is 1. The highest BCUT2D eigenvalue weighted by atomic mass is 16.4. The van der Waals surface area contributed by atoms with Gasteiger partial charge in [-0.1, -0.05) is 102 Å². The molecule has 5 nitrogen and oxygen atoms in total. The van der Waals surface area contributed by atoms with E-state index in [0.717, 1.165) is 73.6 Å². The Bertz CT molecular complexity index is 2450. The fourth-order valence-electron chi connectivity index (χ4n) is 9.86. The highest BCUT2D eigenvalue weighted by Gasteiger charge is 2.43. The standard InChI is InChI=1S/C46H44N2O3/c1-5-19-45(20-6-2)34-15-11-9-13-29(34)32-24-38-41(26-36(32)45)50-43(47-38)28-17-18-31(40(49)23-28)44-48-39-25-33-30-14-10-12-16-35(30)46(21-7-3,22-8-4)37(33)27-42(39)51-44/h9-18,23-27,49H,5-8,19-22H2,1-4H3. The van der Waals surface area contributed by atoms with Gasteiger partial charge in [0.2, 0.25) is 11.8 Å². The van der Waals surface area contributed by atoms with Crippen LogP contribution < -0.4 is 0 Å². The molecule has 0 atom stereocenters. The van der Waals surface area contributed by atoms with Gasteiger partial charge in [0.15, 0.2) is 11.2 Å². The fraction of sp³-hybridized carbons (Fsp3) is 0.304. The maximum absolute atomic E-state index is 11.4. The summed E-state index contributed by atoms with van der Waals surface area (Å²) in [6, 6.07) is 32.0. The summed E-state index contributed by atoms with van der Waals surface area (Å²) in [6.45, 7) is 9.09. The lowest BCUT2D eigenvalue weighted by molar-refractivity contribution is 0.435. The lowest BCUT2D eigenvalue weighted by Gasteiger charge is -2.31. The number of rotatable bonds is 10. The lowest BCUT2D eigenvalue weighted by Crippen LogP contribution is -2.24. The largest absolute Gasteiger partial charge is 0.507 e. The molecule has 5 heteroatoms. The quantitative estimate of drug-likeness (QED) is 0.157. The molecule has 0 radical (unpaired) electrons. The predicted octanol–water partition coefficient (Wildman–Crippen LogP) is 12.7. The molecule has 51 heavy (non-hydrogen) atoms. The molecule has 1 N–H and O–H groups in total. The molecule has 0 aliphatic heterocycles. The first-order chi connectivity index (χ1) is 24.9. The van der Waals surface area contributed by atoms with Crippen LogP contribution in [0.5, 0.6) is 5.75 Å². The van der Waals surface area contributed by atoms with Gasteiger partial charge >= 0.3 is 0 Å². The van der Waals surface area contributed by atoms with E-state index in [1.807, 2.05) is 12.1 Å². The lowest BCUT2D eigenvalue weighted by atomic mass is 9.71. The minimum absolute atomic E-state index is 0.0207. The first-order valence-electron chi connectivity index (χ1n) is 18.9. The van der Waals surface area contributed by atoms with Gasteiger partial charge in [-0.05, 0) is 113 Å². The number of aromatic nitrogens is 2. The minimum Gasteiger partial charge on any atom is -0.507 e. The van der Waals surface area contributed by atoms with Gasteiger partial charge in [0.05, 0.1) is 5.56 Å². The minimum atomic E-state index is -0.0308. The summed E-state index contributed by atoms with van der Waals surface area (Å²) < 4.78 is 12.9. The molecule has 0 spiro atoms. The van der Waals surface area contributed by atoms with E-state index < -0.39 is 0 Å². The molecular weight excluding hydrogens is 629 g/mol. The zero-order chi connectivity index (χ0) is 34.9. The van der Waals surface area contributed by atoms with Crippen molar-refractivity contribution in [2.24, 2.45) is 0 Å². The van der Waals surface area contributed by atoms with Crippen molar-refractivity contribution in [3.05, 3.63) is 113 Å². The van der Waals surface area contributed by atoms with Crippen molar-refractivity contribution < 1.29 is 13.9 Å². The Morgan fingerprint density at radius 3 is 1.45 bits per heavy atom. The molecule has 5 aromatic carbocycles. The predicted molar refractivity (Wildman–Crippen MR) is 206 cm³/mol. The van der Waals surface area contributed by atoms with Crippen molar-refractivity contribution in [1.82, 2.24) is 9.97 Å². The Kier molecular flexibility index (Phi) is 7.46. The average Bonchev–Trinajstić information content (AvgIpc) is 3.88. The van der Waals surface area contributed by atoms with Gasteiger partial charge in [-0.2, -0.15) is 0 Å². The summed E-state index contributed by atoms with van der Waals surface area (Å²) in [4.78, 5) is 9.83. The third kappa shape index (κ3) is 4.59. The average molecular weight is 673 g/mol. The molecule has 7 aromatic rings. The maximum Gasteiger partial charge on any atom is 0.231 e. The van der Waals surface area contributed by atoms with Gasteiger partial charge in [-0.15, -0.1) is 0 Å². The Morgan fingerprint density at radius 2 is 0.961 bits per heavy atom. The molecule has 0 unspecified atom stereocenters. The molecule has 0 saturated heterocycles. The number of phenolic OH excluding ortho intramolecular Hbond substituents is 1. The van der Waals surface area contributed by atoms with Crippen molar-refractivity contribution in [1.29, 1.82) is 0 Å². The van der Waals surface area contributed by atoms with Crippen LogP contribution in [0.4, 0.5) is 0 Å². The van der Waals surface area contributed by atoms with E-state index in [2.05, 4.69) is 100 Å². The van der Waals surface area contributed by atoms with Crippen LogP contribution in [0.2, 0.25) is 0 Å². The van der Waals surface area contributed by atoms with Crippen LogP contribution in [0.1, 0.15) is 101 Å². The van der Waals surface area contributed by atoms with E-state index in [9.17, 15) is 5.11 Å². The van der Waals surface area contributed by atoms with E-state index in [1.54, 1.807) is 6.07 Å². The van der Waals surface area contributed by atoms with Crippen molar-refractivity contribution in [3.63, 3.8) is 0 Å². The highest BCUT2D eigenvalue weighted by Crippen LogP contribution is 2.56. The molecule has 256 valence electrons. The summed E-state index contributed by atoms with van der Waals surface area (Å²) >= 11 is 0. The molecule has 2 aliphatic carbocycles. The van der Waals surface area contributed by atoms with Crippen LogP contribution in [0.3, 0.4) is 0 Å². The summed E-state index contributed by atoms with van der Waals surface area (Å²) in [7, 11) is 0. The van der Waals surface area contributed by atoms with Crippen molar-refractivity contribution >= 4 is 22.2 Å². The number of hydrogen-bond acceptors (Lipinski definition) is 5. The molecule has 2 aromatic heterocycles. The van der Waals surface area contributed by atoms with Crippen LogP contribution in [0.15, 0.2) is 99.8 Å². The van der Waals surface area contributed by atoms with Gasteiger partial charge in [-0.3, -0.25) is 0 Å². The zero-order valence-corrected chi connectivity index (χ0v) is 30.0. The van der Waals surface area contributed by atoms with E-state index >= 15 is 0 Å². The van der Waals surface area contributed by atoms with E-state index in [-0.39, 0.29) is 16.6 Å². The summed E-state index contributed by atoms with van der Waals surface area (Å²) in [5, 5.41) is 11.4. The van der Waals surface area contributed by atoms with Crippen LogP contribution in [-0.4, -0.2) is 15.1 Å². The van der Waals surface area contributed by atoms with Crippen LogP contribution in [0, 0.1) is 0 Å². The highest BCUT2D eigenvalue weighted by molar-refractivity contribution is 5.92. The van der Waals surface area contributed by atoms with Crippen molar-refractivity contribution in [3.8, 4) is 50.9 Å². The van der Waals surface area contributed by atoms with E-state index in [0.29, 0.717) is 22.9 Å². The van der Waals surface area contributed by atoms with Gasteiger partial charge in [0.1, 0.15) is 16.8 Å². The summed E-state index contributed by atoms with van der Waals surface area (Å²) in [5.74, 6) is 0.960. The Balaban J connectivity index is 1.09. The molecular formula is C46H44N2O3. The number of nitrogens with zero attached hydrogens (tertiary/aromatic N) is 2. The topological polar surface area (TPSA) is 72.3 Å². The number of benzene rings is 5. The number of oxazole rings is 2. The van der Waals surface area contributed by atoms with Crippen LogP contribution >= 0.6 is 0 Å². The molecule has 0 bridgehead atoms. The van der Waals surface area contributed by atoms with Gasteiger partial charge in [-0.25, -0.2) is 9.97 Å². The fourth-order valence-corrected chi connectivity index (χ4v) is 9.86. The Morgan fingerprint density at radius 1 is 0.490 bits per heavy atom. The van der Waals surface area contributed by atoms with E-state index in [4.69, 9.17) is 18.8 Å². The molecule has 9 rings (SSSR count). The second-order valence-electron chi connectivity index (χ2n) is 14.8. The SMILES string of the molecule is CCCC1(CCC)c2ccccc2-c2cc3nc(-c4ccc(-c5nc6cc7c(cc6o5)C(CCC)(CCC)c5ccccc5-7)c(O)c4)oc3cc21. The zero-order valence-electron chi connectivity index (χ0n) is 30.0. The molecule has 0 saturated carbocycles. The van der Waals surface area contributed by atoms with Crippen LogP contribution in [0.25, 0.3) is 67.4 Å². The second-order valence-corrected chi connectivity index (χ2v) is 14.8.